The summed E-state index contributed by atoms with van der Waals surface area (Å²) < 4.78 is 5.36. The minimum Gasteiger partial charge on any atom is -0.445 e. The van der Waals surface area contributed by atoms with E-state index in [1.54, 1.807) is 18.3 Å². The van der Waals surface area contributed by atoms with Crippen molar-refractivity contribution in [3.63, 3.8) is 0 Å². The summed E-state index contributed by atoms with van der Waals surface area (Å²) in [5, 5.41) is 9.30. The van der Waals surface area contributed by atoms with Crippen LogP contribution in [0.25, 0.3) is 0 Å². The molecule has 1 aromatic heterocycles. The van der Waals surface area contributed by atoms with Crippen molar-refractivity contribution in [1.29, 1.82) is 5.26 Å². The van der Waals surface area contributed by atoms with Gasteiger partial charge in [0, 0.05) is 4.90 Å². The Kier molecular flexibility index (Phi) is 3.72. The summed E-state index contributed by atoms with van der Waals surface area (Å²) >= 11 is 7.59. The zero-order valence-electron chi connectivity index (χ0n) is 9.11. The lowest BCUT2D eigenvalue weighted by Crippen LogP contribution is -1.82. The maximum Gasteiger partial charge on any atom is 0.204 e. The van der Waals surface area contributed by atoms with E-state index in [9.17, 15) is 0 Å². The molecule has 0 saturated heterocycles. The topological polar surface area (TPSA) is 49.8 Å². The molecule has 2 rings (SSSR count). The van der Waals surface area contributed by atoms with Gasteiger partial charge in [-0.05, 0) is 25.1 Å². The normalized spacial score (nSPS) is 10.2. The fourth-order valence-corrected chi connectivity index (χ4v) is 2.41. The first-order chi connectivity index (χ1) is 8.19. The van der Waals surface area contributed by atoms with Crippen LogP contribution >= 0.6 is 23.4 Å². The van der Waals surface area contributed by atoms with Gasteiger partial charge in [0.25, 0.3) is 0 Å². The number of oxazole rings is 1. The van der Waals surface area contributed by atoms with Crippen LogP contribution < -0.4 is 0 Å². The lowest BCUT2D eigenvalue weighted by Gasteiger charge is -2.02. The first-order valence-corrected chi connectivity index (χ1v) is 6.29. The smallest absolute Gasteiger partial charge is 0.204 e. The lowest BCUT2D eigenvalue weighted by molar-refractivity contribution is 0.490. The minimum absolute atomic E-state index is 0.561. The third-order valence-electron chi connectivity index (χ3n) is 2.08. The monoisotopic (exact) mass is 264 g/mol. The van der Waals surface area contributed by atoms with E-state index in [0.717, 1.165) is 10.7 Å². The number of hydrogen-bond acceptors (Lipinski definition) is 4. The average Bonchev–Trinajstić information content (AvgIpc) is 2.73. The summed E-state index contributed by atoms with van der Waals surface area (Å²) in [6.45, 7) is 1.86. The fraction of sp³-hybridized carbons (Fsp3) is 0.167. The van der Waals surface area contributed by atoms with Crippen molar-refractivity contribution in [2.45, 2.75) is 17.6 Å². The quantitative estimate of drug-likeness (QED) is 0.791. The van der Waals surface area contributed by atoms with Gasteiger partial charge in [0.1, 0.15) is 5.76 Å². The number of aryl methyl sites for hydroxylation is 1. The molecule has 5 heteroatoms. The predicted molar refractivity (Wildman–Crippen MR) is 67.0 cm³/mol. The van der Waals surface area contributed by atoms with E-state index in [4.69, 9.17) is 21.3 Å². The van der Waals surface area contributed by atoms with Gasteiger partial charge < -0.3 is 4.42 Å². The number of benzene rings is 1. The highest BCUT2D eigenvalue weighted by Crippen LogP contribution is 2.30. The van der Waals surface area contributed by atoms with E-state index in [1.165, 1.54) is 11.8 Å². The lowest BCUT2D eigenvalue weighted by atomic mass is 10.2. The number of rotatable bonds is 3. The van der Waals surface area contributed by atoms with E-state index in [0.29, 0.717) is 22.2 Å². The minimum atomic E-state index is 0.561. The molecule has 0 bridgehead atoms. The van der Waals surface area contributed by atoms with Crippen LogP contribution in [0.4, 0.5) is 0 Å². The molecule has 0 radical (unpaired) electrons. The standard InChI is InChI=1S/C12H9ClN2OS/c1-8-6-15-12(16-8)7-17-11-3-2-9(5-14)4-10(11)13/h2-4,6H,7H2,1H3. The van der Waals surface area contributed by atoms with Crippen molar-refractivity contribution < 1.29 is 4.42 Å². The maximum atomic E-state index is 8.72. The number of hydrogen-bond donors (Lipinski definition) is 0. The fourth-order valence-electron chi connectivity index (χ4n) is 1.30. The number of nitrogens with zero attached hydrogens (tertiary/aromatic N) is 2. The number of thioether (sulfide) groups is 1. The van der Waals surface area contributed by atoms with Crippen LogP contribution in [-0.2, 0) is 5.75 Å². The zero-order valence-corrected chi connectivity index (χ0v) is 10.7. The summed E-state index contributed by atoms with van der Waals surface area (Å²) in [5.41, 5.74) is 0.561. The molecule has 3 nitrogen and oxygen atoms in total. The molecule has 1 aromatic carbocycles. The third-order valence-corrected chi connectivity index (χ3v) is 3.56. The third kappa shape index (κ3) is 3.02. The van der Waals surface area contributed by atoms with Crippen LogP contribution in [0.15, 0.2) is 33.7 Å². The molecular weight excluding hydrogens is 256 g/mol. The summed E-state index contributed by atoms with van der Waals surface area (Å²) in [4.78, 5) is 5.03. The van der Waals surface area contributed by atoms with Crippen molar-refractivity contribution >= 4 is 23.4 Å². The van der Waals surface area contributed by atoms with E-state index < -0.39 is 0 Å². The van der Waals surface area contributed by atoms with E-state index >= 15 is 0 Å². The second-order valence-electron chi connectivity index (χ2n) is 3.41. The largest absolute Gasteiger partial charge is 0.445 e. The predicted octanol–water partition coefficient (Wildman–Crippen LogP) is 3.80. The number of aromatic nitrogens is 1. The molecule has 0 aliphatic rings. The Bertz CT molecular complexity index is 574. The Morgan fingerprint density at radius 3 is 2.94 bits per heavy atom. The van der Waals surface area contributed by atoms with Gasteiger partial charge in [-0.1, -0.05) is 11.6 Å². The van der Waals surface area contributed by atoms with Crippen LogP contribution in [0.3, 0.4) is 0 Å². The molecule has 17 heavy (non-hydrogen) atoms. The van der Waals surface area contributed by atoms with Gasteiger partial charge in [0.05, 0.1) is 28.6 Å². The van der Waals surface area contributed by atoms with Crippen LogP contribution in [0, 0.1) is 18.3 Å². The molecule has 2 aromatic rings. The zero-order chi connectivity index (χ0) is 12.3. The van der Waals surface area contributed by atoms with E-state index in [1.807, 2.05) is 19.1 Å². The first-order valence-electron chi connectivity index (χ1n) is 4.93. The van der Waals surface area contributed by atoms with E-state index in [-0.39, 0.29) is 0 Å². The van der Waals surface area contributed by atoms with Crippen LogP contribution in [-0.4, -0.2) is 4.98 Å². The first kappa shape index (κ1) is 12.0. The average molecular weight is 265 g/mol. The Labute approximate surface area is 108 Å². The second-order valence-corrected chi connectivity index (χ2v) is 4.83. The molecule has 0 spiro atoms. The molecule has 0 N–H and O–H groups in total. The Morgan fingerprint density at radius 1 is 1.53 bits per heavy atom. The van der Waals surface area contributed by atoms with Crippen molar-refractivity contribution in [2.75, 3.05) is 0 Å². The maximum absolute atomic E-state index is 8.72. The summed E-state index contributed by atoms with van der Waals surface area (Å²) in [5.74, 6) is 2.10. The molecule has 86 valence electrons. The number of halogens is 1. The van der Waals surface area contributed by atoms with Crippen molar-refractivity contribution in [3.8, 4) is 6.07 Å². The second kappa shape index (κ2) is 5.26. The van der Waals surface area contributed by atoms with Gasteiger partial charge in [-0.3, -0.25) is 0 Å². The van der Waals surface area contributed by atoms with Crippen LogP contribution in [0.5, 0.6) is 0 Å². The SMILES string of the molecule is Cc1cnc(CSc2ccc(C#N)cc2Cl)o1. The van der Waals surface area contributed by atoms with Crippen molar-refractivity contribution in [1.82, 2.24) is 4.98 Å². The summed E-state index contributed by atoms with van der Waals surface area (Å²) in [7, 11) is 0. The molecule has 0 aliphatic carbocycles. The summed E-state index contributed by atoms with van der Waals surface area (Å²) in [6.07, 6.45) is 1.69. The Balaban J connectivity index is 2.07. The van der Waals surface area contributed by atoms with Crippen LogP contribution in [0.2, 0.25) is 5.02 Å². The molecule has 0 unspecified atom stereocenters. The highest BCUT2D eigenvalue weighted by atomic mass is 35.5. The van der Waals surface area contributed by atoms with Gasteiger partial charge in [0.2, 0.25) is 5.89 Å². The molecular formula is C12H9ClN2OS. The van der Waals surface area contributed by atoms with E-state index in [2.05, 4.69) is 4.98 Å². The van der Waals surface area contributed by atoms with Gasteiger partial charge in [0.15, 0.2) is 0 Å². The highest BCUT2D eigenvalue weighted by molar-refractivity contribution is 7.98. The van der Waals surface area contributed by atoms with Gasteiger partial charge in [-0.15, -0.1) is 11.8 Å². The molecule has 0 fully saturated rings. The van der Waals surface area contributed by atoms with Crippen molar-refractivity contribution in [3.05, 3.63) is 46.6 Å². The van der Waals surface area contributed by atoms with Gasteiger partial charge in [-0.25, -0.2) is 4.98 Å². The molecule has 0 atom stereocenters. The highest BCUT2D eigenvalue weighted by Gasteiger charge is 2.06. The Morgan fingerprint density at radius 2 is 2.35 bits per heavy atom. The Hall–Kier alpha value is -1.44. The molecule has 1 heterocycles. The summed E-state index contributed by atoms with van der Waals surface area (Å²) in [6, 6.07) is 7.28. The van der Waals surface area contributed by atoms with Crippen molar-refractivity contribution in [2.24, 2.45) is 0 Å². The van der Waals surface area contributed by atoms with Gasteiger partial charge >= 0.3 is 0 Å². The van der Waals surface area contributed by atoms with Gasteiger partial charge in [-0.2, -0.15) is 5.26 Å². The number of nitriles is 1. The molecule has 0 aliphatic heterocycles. The molecule has 0 saturated carbocycles. The molecule has 0 amide bonds. The van der Waals surface area contributed by atoms with Crippen LogP contribution in [0.1, 0.15) is 17.2 Å².